The number of para-hydroxylation sites is 1. The van der Waals surface area contributed by atoms with Crippen LogP contribution in [0, 0.1) is 17.1 Å². The number of carbonyl (C=O) groups is 2. The number of benzene rings is 3. The van der Waals surface area contributed by atoms with Crippen molar-refractivity contribution < 1.29 is 28.2 Å². The summed E-state index contributed by atoms with van der Waals surface area (Å²) >= 11 is 0. The van der Waals surface area contributed by atoms with Crippen molar-refractivity contribution in [2.24, 2.45) is 0 Å². The number of methoxy groups -OCH3 is 2. The number of rotatable bonds is 7. The molecular formula is C25H19FN2O5. The van der Waals surface area contributed by atoms with Gasteiger partial charge in [0.1, 0.15) is 23.2 Å². The molecule has 0 heterocycles. The fourth-order valence-corrected chi connectivity index (χ4v) is 2.82. The number of nitrogens with zero attached hydrogens (tertiary/aromatic N) is 1. The number of carbonyl (C=O) groups excluding carboxylic acids is 2. The Kier molecular flexibility index (Phi) is 7.39. The van der Waals surface area contributed by atoms with Gasteiger partial charge in [-0.15, -0.1) is 0 Å². The standard InChI is InChI=1S/C25H19FN2O5/c1-31-19-10-8-17(9-11-19)25(30)33-23-14-16(7-12-22(23)32-2)13-18(15-27)24(29)28-21-6-4-3-5-20(21)26/h3-14H,1-2H3,(H,28,29)/b18-13+. The van der Waals surface area contributed by atoms with E-state index in [4.69, 9.17) is 14.2 Å². The normalized spacial score (nSPS) is 10.7. The average Bonchev–Trinajstić information content (AvgIpc) is 2.84. The lowest BCUT2D eigenvalue weighted by atomic mass is 10.1. The second-order valence-corrected chi connectivity index (χ2v) is 6.63. The smallest absolute Gasteiger partial charge is 0.343 e. The number of esters is 1. The molecule has 0 radical (unpaired) electrons. The molecule has 8 heteroatoms. The van der Waals surface area contributed by atoms with Gasteiger partial charge in [-0.25, -0.2) is 9.18 Å². The predicted octanol–water partition coefficient (Wildman–Crippen LogP) is 4.61. The third-order valence-electron chi connectivity index (χ3n) is 4.51. The van der Waals surface area contributed by atoms with E-state index in [-0.39, 0.29) is 22.8 Å². The second-order valence-electron chi connectivity index (χ2n) is 6.63. The van der Waals surface area contributed by atoms with Gasteiger partial charge in [0, 0.05) is 0 Å². The molecule has 0 spiro atoms. The van der Waals surface area contributed by atoms with Gasteiger partial charge in [-0.3, -0.25) is 4.79 Å². The van der Waals surface area contributed by atoms with Crippen LogP contribution >= 0.6 is 0 Å². The molecule has 3 aromatic rings. The van der Waals surface area contributed by atoms with Crippen LogP contribution in [0.4, 0.5) is 10.1 Å². The van der Waals surface area contributed by atoms with Crippen LogP contribution in [-0.2, 0) is 4.79 Å². The Morgan fingerprint density at radius 1 is 0.970 bits per heavy atom. The fourth-order valence-electron chi connectivity index (χ4n) is 2.82. The van der Waals surface area contributed by atoms with Crippen LogP contribution in [0.15, 0.2) is 72.3 Å². The van der Waals surface area contributed by atoms with E-state index in [9.17, 15) is 19.2 Å². The Bertz CT molecular complexity index is 1250. The molecule has 0 bridgehead atoms. The summed E-state index contributed by atoms with van der Waals surface area (Å²) in [6, 6.07) is 18.3. The Morgan fingerprint density at radius 3 is 2.33 bits per heavy atom. The summed E-state index contributed by atoms with van der Waals surface area (Å²) in [5, 5.41) is 11.8. The van der Waals surface area contributed by atoms with Gasteiger partial charge in [0.2, 0.25) is 0 Å². The third-order valence-corrected chi connectivity index (χ3v) is 4.51. The first kappa shape index (κ1) is 23.0. The highest BCUT2D eigenvalue weighted by Gasteiger charge is 2.15. The maximum Gasteiger partial charge on any atom is 0.343 e. The van der Waals surface area contributed by atoms with Gasteiger partial charge in [0.05, 0.1) is 25.5 Å². The zero-order valence-electron chi connectivity index (χ0n) is 17.8. The molecule has 1 N–H and O–H groups in total. The molecule has 0 unspecified atom stereocenters. The van der Waals surface area contributed by atoms with E-state index in [2.05, 4.69) is 5.32 Å². The maximum atomic E-state index is 13.8. The number of hydrogen-bond acceptors (Lipinski definition) is 6. The van der Waals surface area contributed by atoms with Crippen molar-refractivity contribution in [3.8, 4) is 23.3 Å². The fraction of sp³-hybridized carbons (Fsp3) is 0.0800. The quantitative estimate of drug-likeness (QED) is 0.246. The van der Waals surface area contributed by atoms with Gasteiger partial charge >= 0.3 is 5.97 Å². The monoisotopic (exact) mass is 446 g/mol. The average molecular weight is 446 g/mol. The topological polar surface area (TPSA) is 97.7 Å². The number of nitrogens with one attached hydrogen (secondary N) is 1. The number of hydrogen-bond donors (Lipinski definition) is 1. The number of halogens is 1. The van der Waals surface area contributed by atoms with Crippen LogP contribution < -0.4 is 19.5 Å². The summed E-state index contributed by atoms with van der Waals surface area (Å²) in [6.45, 7) is 0. The lowest BCUT2D eigenvalue weighted by Gasteiger charge is -2.11. The van der Waals surface area contributed by atoms with Gasteiger partial charge in [0.15, 0.2) is 11.5 Å². The SMILES string of the molecule is COc1ccc(C(=O)Oc2cc(/C=C(\C#N)C(=O)Nc3ccccc3F)ccc2OC)cc1. The second kappa shape index (κ2) is 10.6. The number of ether oxygens (including phenoxy) is 3. The zero-order valence-corrected chi connectivity index (χ0v) is 17.8. The molecule has 0 atom stereocenters. The van der Waals surface area contributed by atoms with E-state index >= 15 is 0 Å². The molecule has 166 valence electrons. The first-order valence-electron chi connectivity index (χ1n) is 9.67. The molecule has 0 aromatic heterocycles. The largest absolute Gasteiger partial charge is 0.497 e. The minimum Gasteiger partial charge on any atom is -0.497 e. The number of anilines is 1. The Labute approximate surface area is 189 Å². The Balaban J connectivity index is 1.84. The summed E-state index contributed by atoms with van der Waals surface area (Å²) in [7, 11) is 2.93. The van der Waals surface area contributed by atoms with E-state index in [1.165, 1.54) is 50.6 Å². The summed E-state index contributed by atoms with van der Waals surface area (Å²) in [6.07, 6.45) is 1.29. The van der Waals surface area contributed by atoms with Crippen molar-refractivity contribution in [1.29, 1.82) is 5.26 Å². The molecule has 0 aliphatic heterocycles. The van der Waals surface area contributed by atoms with Gasteiger partial charge in [-0.05, 0) is 60.2 Å². The van der Waals surface area contributed by atoms with E-state index in [0.29, 0.717) is 16.9 Å². The molecule has 0 aliphatic carbocycles. The van der Waals surface area contributed by atoms with E-state index in [1.807, 2.05) is 0 Å². The zero-order chi connectivity index (χ0) is 23.8. The molecule has 33 heavy (non-hydrogen) atoms. The third kappa shape index (κ3) is 5.74. The molecule has 0 saturated carbocycles. The summed E-state index contributed by atoms with van der Waals surface area (Å²) in [5.74, 6) is -1.07. The lowest BCUT2D eigenvalue weighted by molar-refractivity contribution is -0.112. The van der Waals surface area contributed by atoms with Crippen molar-refractivity contribution in [1.82, 2.24) is 0 Å². The van der Waals surface area contributed by atoms with E-state index in [1.54, 1.807) is 42.5 Å². The van der Waals surface area contributed by atoms with Gasteiger partial charge in [0.25, 0.3) is 5.91 Å². The highest BCUT2D eigenvalue weighted by Crippen LogP contribution is 2.30. The van der Waals surface area contributed by atoms with Gasteiger partial charge in [-0.2, -0.15) is 5.26 Å². The number of amides is 1. The molecule has 3 aromatic carbocycles. The molecule has 0 saturated heterocycles. The summed E-state index contributed by atoms with van der Waals surface area (Å²) in [5.41, 5.74) is 0.373. The minimum atomic E-state index is -0.782. The van der Waals surface area contributed by atoms with Crippen molar-refractivity contribution >= 4 is 23.6 Å². The van der Waals surface area contributed by atoms with Crippen LogP contribution in [0.5, 0.6) is 17.2 Å². The van der Waals surface area contributed by atoms with Crippen LogP contribution in [0.3, 0.4) is 0 Å². The van der Waals surface area contributed by atoms with Crippen molar-refractivity contribution in [3.63, 3.8) is 0 Å². The van der Waals surface area contributed by atoms with Gasteiger partial charge < -0.3 is 19.5 Å². The minimum absolute atomic E-state index is 0.0486. The van der Waals surface area contributed by atoms with Crippen LogP contribution in [0.25, 0.3) is 6.08 Å². The lowest BCUT2D eigenvalue weighted by Crippen LogP contribution is -2.14. The summed E-state index contributed by atoms with van der Waals surface area (Å²) in [4.78, 5) is 25.0. The molecule has 0 aliphatic rings. The van der Waals surface area contributed by atoms with Crippen LogP contribution in [0.2, 0.25) is 0 Å². The molecule has 1 amide bonds. The van der Waals surface area contributed by atoms with Crippen LogP contribution in [-0.4, -0.2) is 26.1 Å². The maximum absolute atomic E-state index is 13.8. The highest BCUT2D eigenvalue weighted by molar-refractivity contribution is 6.09. The summed E-state index contributed by atoms with van der Waals surface area (Å²) < 4.78 is 29.6. The van der Waals surface area contributed by atoms with Crippen molar-refractivity contribution in [2.75, 3.05) is 19.5 Å². The Morgan fingerprint density at radius 2 is 1.70 bits per heavy atom. The number of nitriles is 1. The molecular weight excluding hydrogens is 427 g/mol. The van der Waals surface area contributed by atoms with E-state index in [0.717, 1.165) is 0 Å². The van der Waals surface area contributed by atoms with Gasteiger partial charge in [-0.1, -0.05) is 18.2 Å². The first-order valence-corrected chi connectivity index (χ1v) is 9.67. The first-order chi connectivity index (χ1) is 15.9. The molecule has 3 rings (SSSR count). The Hall–Kier alpha value is -4.64. The van der Waals surface area contributed by atoms with Crippen molar-refractivity contribution in [3.05, 3.63) is 89.2 Å². The predicted molar refractivity (Wildman–Crippen MR) is 120 cm³/mol. The van der Waals surface area contributed by atoms with Crippen LogP contribution in [0.1, 0.15) is 15.9 Å². The molecule has 7 nitrogen and oxygen atoms in total. The van der Waals surface area contributed by atoms with Crippen molar-refractivity contribution in [2.45, 2.75) is 0 Å². The molecule has 0 fully saturated rings. The van der Waals surface area contributed by atoms with E-state index < -0.39 is 17.7 Å². The highest BCUT2D eigenvalue weighted by atomic mass is 19.1.